The highest BCUT2D eigenvalue weighted by atomic mass is 35.5. The van der Waals surface area contributed by atoms with Crippen molar-refractivity contribution in [3.63, 3.8) is 0 Å². The molecule has 2 aromatic carbocycles. The van der Waals surface area contributed by atoms with E-state index in [1.807, 2.05) is 0 Å². The summed E-state index contributed by atoms with van der Waals surface area (Å²) in [6.45, 7) is 1.66. The van der Waals surface area contributed by atoms with Crippen LogP contribution >= 0.6 is 11.6 Å². The van der Waals surface area contributed by atoms with Crippen molar-refractivity contribution in [3.05, 3.63) is 58.6 Å². The number of sulfonamides is 1. The number of nitrogens with zero attached hydrogens (tertiary/aromatic N) is 1. The Morgan fingerprint density at radius 3 is 1.91 bits per heavy atom. The number of carbonyl (C=O) groups is 3. The van der Waals surface area contributed by atoms with E-state index in [-0.39, 0.29) is 28.9 Å². The SMILES string of the molecule is CC[C@@H](C(=O)Nc1cc(C(=O)OC)cc(C(=O)OC)c1)N(c1ccc(Cl)cc1)S(C)(=O)=O. The molecule has 0 saturated heterocycles. The first kappa shape index (κ1) is 25.2. The molecule has 32 heavy (non-hydrogen) atoms. The fourth-order valence-corrected chi connectivity index (χ4v) is 4.38. The van der Waals surface area contributed by atoms with Gasteiger partial charge in [-0.2, -0.15) is 0 Å². The van der Waals surface area contributed by atoms with Gasteiger partial charge < -0.3 is 14.8 Å². The maximum atomic E-state index is 13.1. The minimum atomic E-state index is -3.85. The molecule has 0 aromatic heterocycles. The minimum absolute atomic E-state index is 0.0106. The van der Waals surface area contributed by atoms with Crippen LogP contribution in [0.3, 0.4) is 0 Å². The Kier molecular flexibility index (Phi) is 8.23. The normalized spacial score (nSPS) is 11.9. The monoisotopic (exact) mass is 482 g/mol. The maximum Gasteiger partial charge on any atom is 0.337 e. The quantitative estimate of drug-likeness (QED) is 0.574. The highest BCUT2D eigenvalue weighted by molar-refractivity contribution is 7.92. The van der Waals surface area contributed by atoms with Crippen molar-refractivity contribution in [3.8, 4) is 0 Å². The summed E-state index contributed by atoms with van der Waals surface area (Å²) in [6.07, 6.45) is 1.13. The predicted octanol–water partition coefficient (Wildman–Crippen LogP) is 3.10. The van der Waals surface area contributed by atoms with E-state index in [1.54, 1.807) is 6.92 Å². The molecule has 2 rings (SSSR count). The van der Waals surface area contributed by atoms with Gasteiger partial charge in [-0.05, 0) is 48.9 Å². The second kappa shape index (κ2) is 10.5. The summed E-state index contributed by atoms with van der Waals surface area (Å²) in [5.74, 6) is -2.11. The van der Waals surface area contributed by atoms with E-state index < -0.39 is 33.9 Å². The van der Waals surface area contributed by atoms with Gasteiger partial charge in [0.1, 0.15) is 6.04 Å². The third kappa shape index (κ3) is 5.98. The van der Waals surface area contributed by atoms with Crippen LogP contribution in [0.1, 0.15) is 34.1 Å². The number of carbonyl (C=O) groups excluding carboxylic acids is 3. The summed E-state index contributed by atoms with van der Waals surface area (Å²) in [6, 6.07) is 8.80. The Labute approximate surface area is 191 Å². The van der Waals surface area contributed by atoms with Crippen LogP contribution in [0.15, 0.2) is 42.5 Å². The van der Waals surface area contributed by atoms with Crippen molar-refractivity contribution in [2.75, 3.05) is 30.1 Å². The number of methoxy groups -OCH3 is 2. The van der Waals surface area contributed by atoms with Crippen LogP contribution < -0.4 is 9.62 Å². The molecule has 0 heterocycles. The van der Waals surface area contributed by atoms with Crippen molar-refractivity contribution in [1.82, 2.24) is 0 Å². The lowest BCUT2D eigenvalue weighted by atomic mass is 10.1. The lowest BCUT2D eigenvalue weighted by Crippen LogP contribution is -2.47. The van der Waals surface area contributed by atoms with Crippen LogP contribution in [-0.4, -0.2) is 52.8 Å². The predicted molar refractivity (Wildman–Crippen MR) is 121 cm³/mol. The van der Waals surface area contributed by atoms with E-state index in [9.17, 15) is 22.8 Å². The highest BCUT2D eigenvalue weighted by Crippen LogP contribution is 2.25. The van der Waals surface area contributed by atoms with Crippen molar-refractivity contribution in [1.29, 1.82) is 0 Å². The van der Waals surface area contributed by atoms with E-state index in [1.165, 1.54) is 56.7 Å². The third-order valence-corrected chi connectivity index (χ3v) is 5.89. The number of ether oxygens (including phenoxy) is 2. The molecule has 0 fully saturated rings. The van der Waals surface area contributed by atoms with Gasteiger partial charge in [-0.3, -0.25) is 9.10 Å². The number of hydrogen-bond donors (Lipinski definition) is 1. The number of esters is 2. The molecule has 0 aliphatic rings. The lowest BCUT2D eigenvalue weighted by Gasteiger charge is -2.30. The molecule has 172 valence electrons. The molecule has 0 aliphatic heterocycles. The first-order valence-corrected chi connectivity index (χ1v) is 11.6. The number of halogens is 1. The van der Waals surface area contributed by atoms with Crippen molar-refractivity contribution in [2.24, 2.45) is 0 Å². The van der Waals surface area contributed by atoms with Gasteiger partial charge in [0.05, 0.1) is 37.3 Å². The van der Waals surface area contributed by atoms with Crippen LogP contribution in [0.4, 0.5) is 11.4 Å². The van der Waals surface area contributed by atoms with Gasteiger partial charge in [-0.1, -0.05) is 18.5 Å². The van der Waals surface area contributed by atoms with Crippen LogP contribution in [0.2, 0.25) is 5.02 Å². The van der Waals surface area contributed by atoms with Crippen molar-refractivity contribution in [2.45, 2.75) is 19.4 Å². The zero-order valence-electron chi connectivity index (χ0n) is 17.9. The zero-order chi connectivity index (χ0) is 24.1. The Bertz CT molecular complexity index is 1080. The molecule has 0 saturated carbocycles. The Morgan fingerprint density at radius 2 is 1.50 bits per heavy atom. The highest BCUT2D eigenvalue weighted by Gasteiger charge is 2.31. The fourth-order valence-electron chi connectivity index (χ4n) is 3.05. The van der Waals surface area contributed by atoms with Gasteiger partial charge in [0.15, 0.2) is 0 Å². The topological polar surface area (TPSA) is 119 Å². The lowest BCUT2D eigenvalue weighted by molar-refractivity contribution is -0.117. The van der Waals surface area contributed by atoms with Gasteiger partial charge in [0.2, 0.25) is 15.9 Å². The fraction of sp³-hybridized carbons (Fsp3) is 0.286. The third-order valence-electron chi connectivity index (χ3n) is 4.45. The van der Waals surface area contributed by atoms with Crippen LogP contribution in [0, 0.1) is 0 Å². The number of rotatable bonds is 8. The number of hydrogen-bond acceptors (Lipinski definition) is 7. The van der Waals surface area contributed by atoms with E-state index in [0.29, 0.717) is 5.02 Å². The van der Waals surface area contributed by atoms with Crippen LogP contribution in [0.25, 0.3) is 0 Å². The Hall–Kier alpha value is -3.11. The van der Waals surface area contributed by atoms with Gasteiger partial charge >= 0.3 is 11.9 Å². The summed E-state index contributed by atoms with van der Waals surface area (Å²) in [7, 11) is -1.50. The largest absolute Gasteiger partial charge is 0.465 e. The number of benzene rings is 2. The van der Waals surface area contributed by atoms with E-state index in [2.05, 4.69) is 14.8 Å². The Morgan fingerprint density at radius 1 is 1.00 bits per heavy atom. The van der Waals surface area contributed by atoms with Crippen molar-refractivity contribution >= 4 is 50.8 Å². The smallest absolute Gasteiger partial charge is 0.337 e. The molecular weight excluding hydrogens is 460 g/mol. The second-order valence-corrected chi connectivity index (χ2v) is 9.03. The second-order valence-electron chi connectivity index (χ2n) is 6.73. The molecule has 0 bridgehead atoms. The first-order chi connectivity index (χ1) is 15.0. The number of amides is 1. The van der Waals surface area contributed by atoms with Crippen molar-refractivity contribution < 1.29 is 32.3 Å². The molecule has 9 nitrogen and oxygen atoms in total. The maximum absolute atomic E-state index is 13.1. The van der Waals surface area contributed by atoms with Gasteiger partial charge in [0, 0.05) is 10.7 Å². The molecular formula is C21H23ClN2O7S. The van der Waals surface area contributed by atoms with E-state index in [4.69, 9.17) is 11.6 Å². The first-order valence-electron chi connectivity index (χ1n) is 9.39. The molecule has 1 amide bonds. The number of anilines is 2. The molecule has 11 heteroatoms. The molecule has 0 aliphatic carbocycles. The number of nitrogens with one attached hydrogen (secondary N) is 1. The summed E-state index contributed by atoms with van der Waals surface area (Å²) in [5, 5.41) is 2.99. The standard InChI is InChI=1S/C21H23ClN2O7S/c1-5-18(24(32(4,28)29)17-8-6-15(22)7-9-17)19(25)23-16-11-13(20(26)30-2)10-14(12-16)21(27)31-3/h6-12,18H,5H2,1-4H3,(H,23,25)/t18-/m0/s1. The van der Waals surface area contributed by atoms with E-state index in [0.717, 1.165) is 10.6 Å². The zero-order valence-corrected chi connectivity index (χ0v) is 19.5. The minimum Gasteiger partial charge on any atom is -0.465 e. The van der Waals surface area contributed by atoms with Crippen LogP contribution in [-0.2, 0) is 24.3 Å². The van der Waals surface area contributed by atoms with Gasteiger partial charge in [-0.25, -0.2) is 18.0 Å². The molecule has 0 spiro atoms. The Balaban J connectivity index is 2.46. The van der Waals surface area contributed by atoms with Gasteiger partial charge in [-0.15, -0.1) is 0 Å². The molecule has 1 N–H and O–H groups in total. The average Bonchev–Trinajstić information content (AvgIpc) is 2.75. The molecule has 2 aromatic rings. The van der Waals surface area contributed by atoms with Crippen LogP contribution in [0.5, 0.6) is 0 Å². The summed E-state index contributed by atoms with van der Waals surface area (Å²) in [5.41, 5.74) is 0.381. The molecule has 0 radical (unpaired) electrons. The van der Waals surface area contributed by atoms with Gasteiger partial charge in [0.25, 0.3) is 0 Å². The molecule has 1 atom stereocenters. The summed E-state index contributed by atoms with van der Waals surface area (Å²) >= 11 is 5.90. The average molecular weight is 483 g/mol. The summed E-state index contributed by atoms with van der Waals surface area (Å²) < 4.78 is 35.4. The molecule has 0 unspecified atom stereocenters. The summed E-state index contributed by atoms with van der Waals surface area (Å²) in [4.78, 5) is 37.0. The van der Waals surface area contributed by atoms with E-state index >= 15 is 0 Å².